The standard InChI is InChI=1S/C19H29F3N4O/c1-24-8-10-25(11-9-24)17-5-7-26(14-15(17)3-2-12-27)18-13-16(4-6-23-18)19(20,21)22/h4,6,13,15,17,27H,2-3,5,7-12,14H2,1H3/t15-,17+/m1/s1. The number of hydrogen-bond acceptors (Lipinski definition) is 5. The molecular weight excluding hydrogens is 357 g/mol. The van der Waals surface area contributed by atoms with Crippen LogP contribution in [0, 0.1) is 5.92 Å². The summed E-state index contributed by atoms with van der Waals surface area (Å²) in [6.45, 7) is 5.68. The highest BCUT2D eigenvalue weighted by molar-refractivity contribution is 5.42. The number of hydrogen-bond donors (Lipinski definition) is 1. The lowest BCUT2D eigenvalue weighted by Crippen LogP contribution is -2.56. The number of rotatable bonds is 5. The van der Waals surface area contributed by atoms with Crippen molar-refractivity contribution in [3.05, 3.63) is 23.9 Å². The molecule has 0 aromatic carbocycles. The summed E-state index contributed by atoms with van der Waals surface area (Å²) in [6.07, 6.45) is -0.598. The molecule has 1 aromatic rings. The topological polar surface area (TPSA) is 42.8 Å². The van der Waals surface area contributed by atoms with Crippen molar-refractivity contribution in [2.45, 2.75) is 31.5 Å². The van der Waals surface area contributed by atoms with Crippen LogP contribution in [0.3, 0.4) is 0 Å². The zero-order chi connectivity index (χ0) is 19.4. The molecule has 2 saturated heterocycles. The van der Waals surface area contributed by atoms with Crippen LogP contribution in [-0.4, -0.2) is 78.9 Å². The second-order valence-corrected chi connectivity index (χ2v) is 7.67. The van der Waals surface area contributed by atoms with E-state index >= 15 is 0 Å². The van der Waals surface area contributed by atoms with Crippen molar-refractivity contribution in [2.75, 3.05) is 57.8 Å². The van der Waals surface area contributed by atoms with Crippen molar-refractivity contribution in [3.8, 4) is 0 Å². The highest BCUT2D eigenvalue weighted by Crippen LogP contribution is 2.33. The lowest BCUT2D eigenvalue weighted by atomic mass is 9.86. The maximum atomic E-state index is 13.0. The molecule has 0 radical (unpaired) electrons. The summed E-state index contributed by atoms with van der Waals surface area (Å²) in [4.78, 5) is 11.0. The van der Waals surface area contributed by atoms with Gasteiger partial charge in [-0.3, -0.25) is 4.90 Å². The molecule has 3 rings (SSSR count). The molecule has 2 fully saturated rings. The van der Waals surface area contributed by atoms with Crippen LogP contribution in [0.25, 0.3) is 0 Å². The zero-order valence-corrected chi connectivity index (χ0v) is 15.8. The van der Waals surface area contributed by atoms with Gasteiger partial charge in [-0.1, -0.05) is 0 Å². The van der Waals surface area contributed by atoms with Crippen LogP contribution in [0.1, 0.15) is 24.8 Å². The molecule has 0 saturated carbocycles. The third-order valence-corrected chi connectivity index (χ3v) is 5.83. The number of halogens is 3. The number of likely N-dealkylation sites (N-methyl/N-ethyl adjacent to an activating group) is 1. The molecule has 27 heavy (non-hydrogen) atoms. The van der Waals surface area contributed by atoms with Gasteiger partial charge in [0, 0.05) is 58.1 Å². The second-order valence-electron chi connectivity index (χ2n) is 7.67. The Morgan fingerprint density at radius 2 is 1.93 bits per heavy atom. The summed E-state index contributed by atoms with van der Waals surface area (Å²) in [6, 6.07) is 2.59. The predicted molar refractivity (Wildman–Crippen MR) is 98.7 cm³/mol. The molecule has 0 amide bonds. The Kier molecular flexibility index (Phi) is 6.60. The molecule has 5 nitrogen and oxygen atoms in total. The van der Waals surface area contributed by atoms with Crippen LogP contribution in [0.2, 0.25) is 0 Å². The van der Waals surface area contributed by atoms with Crippen molar-refractivity contribution < 1.29 is 18.3 Å². The van der Waals surface area contributed by atoms with E-state index in [4.69, 9.17) is 0 Å². The number of piperidine rings is 1. The van der Waals surface area contributed by atoms with Gasteiger partial charge in [0.25, 0.3) is 0 Å². The maximum absolute atomic E-state index is 13.0. The monoisotopic (exact) mass is 386 g/mol. The van der Waals surface area contributed by atoms with E-state index < -0.39 is 11.7 Å². The summed E-state index contributed by atoms with van der Waals surface area (Å²) in [5.74, 6) is 0.723. The molecule has 0 spiro atoms. The molecule has 152 valence electrons. The molecule has 8 heteroatoms. The smallest absolute Gasteiger partial charge is 0.396 e. The van der Waals surface area contributed by atoms with Gasteiger partial charge in [-0.25, -0.2) is 4.98 Å². The van der Waals surface area contributed by atoms with Crippen LogP contribution in [0.15, 0.2) is 18.3 Å². The molecule has 0 unspecified atom stereocenters. The van der Waals surface area contributed by atoms with Crippen LogP contribution >= 0.6 is 0 Å². The molecule has 0 bridgehead atoms. The van der Waals surface area contributed by atoms with Crippen LogP contribution < -0.4 is 4.90 Å². The fourth-order valence-corrected chi connectivity index (χ4v) is 4.27. The van der Waals surface area contributed by atoms with Crippen molar-refractivity contribution in [3.63, 3.8) is 0 Å². The summed E-state index contributed by atoms with van der Waals surface area (Å²) in [7, 11) is 2.13. The Bertz CT molecular complexity index is 605. The van der Waals surface area contributed by atoms with Gasteiger partial charge in [-0.15, -0.1) is 0 Å². The summed E-state index contributed by atoms with van der Waals surface area (Å²) < 4.78 is 39.1. The Balaban J connectivity index is 1.72. The number of pyridine rings is 1. The predicted octanol–water partition coefficient (Wildman–Crippen LogP) is 2.32. The van der Waals surface area contributed by atoms with Crippen LogP contribution in [0.5, 0.6) is 0 Å². The summed E-state index contributed by atoms with van der Waals surface area (Å²) >= 11 is 0. The first-order valence-electron chi connectivity index (χ1n) is 9.70. The summed E-state index contributed by atoms with van der Waals surface area (Å²) in [5, 5.41) is 9.27. The minimum absolute atomic E-state index is 0.147. The number of piperazine rings is 1. The van der Waals surface area contributed by atoms with Gasteiger partial charge >= 0.3 is 6.18 Å². The van der Waals surface area contributed by atoms with Crippen molar-refractivity contribution >= 4 is 5.82 Å². The molecule has 2 aliphatic rings. The number of aliphatic hydroxyl groups excluding tert-OH is 1. The fourth-order valence-electron chi connectivity index (χ4n) is 4.27. The van der Waals surface area contributed by atoms with Gasteiger partial charge in [-0.05, 0) is 44.4 Å². The van der Waals surface area contributed by atoms with Crippen LogP contribution in [0.4, 0.5) is 19.0 Å². The van der Waals surface area contributed by atoms with Gasteiger partial charge < -0.3 is 14.9 Å². The molecule has 2 atom stereocenters. The normalized spacial score (nSPS) is 25.7. The SMILES string of the molecule is CN1CCN([C@H]2CCN(c3cc(C(F)(F)F)ccn3)C[C@H]2CCCO)CC1. The van der Waals surface area contributed by atoms with Gasteiger partial charge in [0.15, 0.2) is 0 Å². The fraction of sp³-hybridized carbons (Fsp3) is 0.737. The number of nitrogens with zero attached hydrogens (tertiary/aromatic N) is 4. The van der Waals surface area contributed by atoms with E-state index in [1.165, 1.54) is 6.20 Å². The Labute approximate surface area is 158 Å². The molecule has 3 heterocycles. The molecule has 2 aliphatic heterocycles. The van der Waals surface area contributed by atoms with E-state index in [2.05, 4.69) is 21.8 Å². The third kappa shape index (κ3) is 5.12. The van der Waals surface area contributed by atoms with E-state index in [0.717, 1.165) is 57.6 Å². The molecule has 1 aromatic heterocycles. The first-order valence-corrected chi connectivity index (χ1v) is 9.70. The van der Waals surface area contributed by atoms with Crippen molar-refractivity contribution in [1.29, 1.82) is 0 Å². The number of aromatic nitrogens is 1. The summed E-state index contributed by atoms with van der Waals surface area (Å²) in [5.41, 5.74) is -0.652. The first kappa shape index (κ1) is 20.4. The average molecular weight is 386 g/mol. The number of alkyl halides is 3. The van der Waals surface area contributed by atoms with Gasteiger partial charge in [0.05, 0.1) is 5.56 Å². The van der Waals surface area contributed by atoms with E-state index in [-0.39, 0.29) is 6.61 Å². The lowest BCUT2D eigenvalue weighted by molar-refractivity contribution is -0.137. The van der Waals surface area contributed by atoms with Crippen molar-refractivity contribution in [2.24, 2.45) is 5.92 Å². The lowest BCUT2D eigenvalue weighted by Gasteiger charge is -2.46. The number of anilines is 1. The highest BCUT2D eigenvalue weighted by Gasteiger charge is 2.36. The third-order valence-electron chi connectivity index (χ3n) is 5.83. The average Bonchev–Trinajstić information content (AvgIpc) is 2.66. The minimum Gasteiger partial charge on any atom is -0.396 e. The van der Waals surface area contributed by atoms with E-state index in [1.54, 1.807) is 0 Å². The Morgan fingerprint density at radius 1 is 1.19 bits per heavy atom. The zero-order valence-electron chi connectivity index (χ0n) is 15.8. The Morgan fingerprint density at radius 3 is 2.59 bits per heavy atom. The van der Waals surface area contributed by atoms with E-state index in [9.17, 15) is 18.3 Å². The second kappa shape index (κ2) is 8.75. The first-order chi connectivity index (χ1) is 12.9. The number of aliphatic hydroxyl groups is 1. The van der Waals surface area contributed by atoms with Gasteiger partial charge in [-0.2, -0.15) is 13.2 Å². The molecule has 0 aliphatic carbocycles. The van der Waals surface area contributed by atoms with E-state index in [1.807, 2.05) is 4.90 Å². The molecule has 1 N–H and O–H groups in total. The largest absolute Gasteiger partial charge is 0.416 e. The Hall–Kier alpha value is -1.38. The van der Waals surface area contributed by atoms with Crippen LogP contribution in [-0.2, 0) is 6.18 Å². The van der Waals surface area contributed by atoms with Gasteiger partial charge in [0.1, 0.15) is 5.82 Å². The minimum atomic E-state index is -4.36. The quantitative estimate of drug-likeness (QED) is 0.841. The van der Waals surface area contributed by atoms with Crippen molar-refractivity contribution in [1.82, 2.24) is 14.8 Å². The maximum Gasteiger partial charge on any atom is 0.416 e. The molecular formula is C19H29F3N4O. The highest BCUT2D eigenvalue weighted by atomic mass is 19.4. The van der Waals surface area contributed by atoms with E-state index in [0.29, 0.717) is 30.9 Å². The van der Waals surface area contributed by atoms with Gasteiger partial charge in [0.2, 0.25) is 0 Å².